The third kappa shape index (κ3) is 7.27. The van der Waals surface area contributed by atoms with Crippen LogP contribution in [0.15, 0.2) is 11.8 Å². The molecule has 13 heavy (non-hydrogen) atoms. The molecule has 0 aromatic carbocycles. The number of hydrogen-bond donors (Lipinski definition) is 2. The van der Waals surface area contributed by atoms with Gasteiger partial charge in [-0.2, -0.15) is 0 Å². The molecule has 2 N–H and O–H groups in total. The Kier molecular flexibility index (Phi) is 5.88. The van der Waals surface area contributed by atoms with E-state index >= 15 is 0 Å². The van der Waals surface area contributed by atoms with Crippen molar-refractivity contribution in [2.75, 3.05) is 13.7 Å². The van der Waals surface area contributed by atoms with Crippen LogP contribution in [0.5, 0.6) is 0 Å². The van der Waals surface area contributed by atoms with Gasteiger partial charge < -0.3 is 15.4 Å². The van der Waals surface area contributed by atoms with E-state index in [9.17, 15) is 4.79 Å². The quantitative estimate of drug-likeness (QED) is 0.517. The van der Waals surface area contributed by atoms with E-state index in [1.54, 1.807) is 6.20 Å². The SMILES string of the molecule is COC(=O)CNC(=S)NC=C(C)C. The smallest absolute Gasteiger partial charge is 0.325 e. The first-order valence-electron chi connectivity index (χ1n) is 3.81. The maximum Gasteiger partial charge on any atom is 0.325 e. The van der Waals surface area contributed by atoms with Gasteiger partial charge in [-0.1, -0.05) is 5.57 Å². The van der Waals surface area contributed by atoms with Crippen LogP contribution in [0.1, 0.15) is 13.8 Å². The van der Waals surface area contributed by atoms with Crippen LogP contribution in [0, 0.1) is 0 Å². The molecule has 0 amide bonds. The van der Waals surface area contributed by atoms with Gasteiger partial charge in [-0.25, -0.2) is 0 Å². The topological polar surface area (TPSA) is 50.4 Å². The first-order chi connectivity index (χ1) is 6.06. The van der Waals surface area contributed by atoms with E-state index in [1.807, 2.05) is 13.8 Å². The maximum atomic E-state index is 10.7. The van der Waals surface area contributed by atoms with E-state index in [0.29, 0.717) is 5.11 Å². The summed E-state index contributed by atoms with van der Waals surface area (Å²) < 4.78 is 4.42. The zero-order chi connectivity index (χ0) is 10.3. The Labute approximate surface area is 83.3 Å². The second kappa shape index (κ2) is 6.42. The third-order valence-corrected chi connectivity index (χ3v) is 1.38. The molecule has 0 atom stereocenters. The highest BCUT2D eigenvalue weighted by atomic mass is 32.1. The molecule has 0 saturated carbocycles. The second-order valence-electron chi connectivity index (χ2n) is 2.62. The van der Waals surface area contributed by atoms with Crippen molar-refractivity contribution in [3.05, 3.63) is 11.8 Å². The van der Waals surface area contributed by atoms with Gasteiger partial charge in [0.25, 0.3) is 0 Å². The maximum absolute atomic E-state index is 10.7. The highest BCUT2D eigenvalue weighted by molar-refractivity contribution is 7.80. The number of esters is 1. The third-order valence-electron chi connectivity index (χ3n) is 1.11. The van der Waals surface area contributed by atoms with Crippen LogP contribution in [0.4, 0.5) is 0 Å². The lowest BCUT2D eigenvalue weighted by molar-refractivity contribution is -0.139. The van der Waals surface area contributed by atoms with Crippen LogP contribution in [-0.2, 0) is 9.53 Å². The molecule has 0 spiro atoms. The fourth-order valence-corrected chi connectivity index (χ4v) is 0.617. The normalized spacial score (nSPS) is 8.54. The minimum absolute atomic E-state index is 0.0823. The summed E-state index contributed by atoms with van der Waals surface area (Å²) in [6, 6.07) is 0. The number of rotatable bonds is 3. The minimum atomic E-state index is -0.346. The number of carbonyl (C=O) groups is 1. The molecule has 0 rings (SSSR count). The molecule has 5 heteroatoms. The number of nitrogens with one attached hydrogen (secondary N) is 2. The molecule has 0 unspecified atom stereocenters. The van der Waals surface area contributed by atoms with Crippen molar-refractivity contribution in [3.8, 4) is 0 Å². The first kappa shape index (κ1) is 11.9. The number of methoxy groups -OCH3 is 1. The van der Waals surface area contributed by atoms with Crippen molar-refractivity contribution in [1.82, 2.24) is 10.6 Å². The molecule has 74 valence electrons. The average Bonchev–Trinajstić information content (AvgIpc) is 2.10. The summed E-state index contributed by atoms with van der Waals surface area (Å²) in [6.07, 6.45) is 1.76. The van der Waals surface area contributed by atoms with Crippen molar-refractivity contribution in [2.24, 2.45) is 0 Å². The Balaban J connectivity index is 3.64. The lowest BCUT2D eigenvalue weighted by atomic mass is 10.4. The van der Waals surface area contributed by atoms with Crippen LogP contribution >= 0.6 is 12.2 Å². The van der Waals surface area contributed by atoms with Crippen molar-refractivity contribution in [2.45, 2.75) is 13.8 Å². The lowest BCUT2D eigenvalue weighted by Crippen LogP contribution is -2.36. The molecule has 4 nitrogen and oxygen atoms in total. The largest absolute Gasteiger partial charge is 0.468 e. The van der Waals surface area contributed by atoms with Gasteiger partial charge >= 0.3 is 5.97 Å². The Morgan fingerprint density at radius 1 is 1.54 bits per heavy atom. The summed E-state index contributed by atoms with van der Waals surface area (Å²) >= 11 is 4.86. The summed E-state index contributed by atoms with van der Waals surface area (Å²) in [5, 5.41) is 5.91. The van der Waals surface area contributed by atoms with Crippen LogP contribution < -0.4 is 10.6 Å². The summed E-state index contributed by atoms with van der Waals surface area (Å²) in [5.41, 5.74) is 1.10. The number of hydrogen-bond acceptors (Lipinski definition) is 3. The van der Waals surface area contributed by atoms with Crippen LogP contribution in [0.2, 0.25) is 0 Å². The van der Waals surface area contributed by atoms with Crippen LogP contribution in [0.25, 0.3) is 0 Å². The molecule has 0 saturated heterocycles. The molecular weight excluding hydrogens is 188 g/mol. The summed E-state index contributed by atoms with van der Waals surface area (Å²) in [6.45, 7) is 3.96. The molecular formula is C8H14N2O2S. The molecule has 0 heterocycles. The van der Waals surface area contributed by atoms with E-state index in [-0.39, 0.29) is 12.5 Å². The summed E-state index contributed by atoms with van der Waals surface area (Å²) in [5.74, 6) is -0.346. The van der Waals surface area contributed by atoms with Crippen molar-refractivity contribution < 1.29 is 9.53 Å². The molecule has 0 fully saturated rings. The Hall–Kier alpha value is -1.10. The molecule has 0 radical (unpaired) electrons. The average molecular weight is 202 g/mol. The van der Waals surface area contributed by atoms with Gasteiger partial charge in [0.05, 0.1) is 7.11 Å². The van der Waals surface area contributed by atoms with Gasteiger partial charge in [0, 0.05) is 6.20 Å². The van der Waals surface area contributed by atoms with Crippen molar-refractivity contribution in [3.63, 3.8) is 0 Å². The number of ether oxygens (including phenoxy) is 1. The first-order valence-corrected chi connectivity index (χ1v) is 4.21. The van der Waals surface area contributed by atoms with E-state index in [0.717, 1.165) is 5.57 Å². The van der Waals surface area contributed by atoms with Gasteiger partial charge in [-0.15, -0.1) is 0 Å². The Morgan fingerprint density at radius 2 is 2.15 bits per heavy atom. The zero-order valence-electron chi connectivity index (χ0n) is 8.01. The zero-order valence-corrected chi connectivity index (χ0v) is 8.83. The predicted octanol–water partition coefficient (Wildman–Crippen LogP) is 0.547. The van der Waals surface area contributed by atoms with Crippen LogP contribution in [0.3, 0.4) is 0 Å². The van der Waals surface area contributed by atoms with Gasteiger partial charge in [0.1, 0.15) is 6.54 Å². The highest BCUT2D eigenvalue weighted by Crippen LogP contribution is 1.83. The minimum Gasteiger partial charge on any atom is -0.468 e. The molecule has 0 aromatic heterocycles. The molecule has 0 aliphatic rings. The van der Waals surface area contributed by atoms with E-state index in [2.05, 4.69) is 15.4 Å². The van der Waals surface area contributed by atoms with Crippen molar-refractivity contribution >= 4 is 23.3 Å². The molecule has 0 aromatic rings. The molecule has 0 aliphatic carbocycles. The van der Waals surface area contributed by atoms with Gasteiger partial charge in [-0.05, 0) is 26.1 Å². The summed E-state index contributed by atoms with van der Waals surface area (Å²) in [4.78, 5) is 10.7. The lowest BCUT2D eigenvalue weighted by Gasteiger charge is -2.05. The monoisotopic (exact) mass is 202 g/mol. The fraction of sp³-hybridized carbons (Fsp3) is 0.500. The number of allylic oxidation sites excluding steroid dienone is 1. The van der Waals surface area contributed by atoms with Gasteiger partial charge in [-0.3, -0.25) is 4.79 Å². The Morgan fingerprint density at radius 3 is 2.62 bits per heavy atom. The molecule has 0 aliphatic heterocycles. The Bertz CT molecular complexity index is 222. The van der Waals surface area contributed by atoms with E-state index in [4.69, 9.17) is 12.2 Å². The number of carbonyl (C=O) groups excluding carboxylic acids is 1. The second-order valence-corrected chi connectivity index (χ2v) is 3.03. The standard InChI is InChI=1S/C8H14N2O2S/c1-6(2)4-9-8(13)10-5-7(11)12-3/h4H,5H2,1-3H3,(H2,9,10,13). The predicted molar refractivity (Wildman–Crippen MR) is 55.2 cm³/mol. The summed E-state index contributed by atoms with van der Waals surface area (Å²) in [7, 11) is 1.33. The van der Waals surface area contributed by atoms with Gasteiger partial charge in [0.15, 0.2) is 5.11 Å². The highest BCUT2D eigenvalue weighted by Gasteiger charge is 1.99. The number of thiocarbonyl (C=S) groups is 1. The van der Waals surface area contributed by atoms with Crippen LogP contribution in [-0.4, -0.2) is 24.7 Å². The molecule has 0 bridgehead atoms. The fourth-order valence-electron chi connectivity index (χ4n) is 0.486. The van der Waals surface area contributed by atoms with E-state index in [1.165, 1.54) is 7.11 Å². The van der Waals surface area contributed by atoms with Gasteiger partial charge in [0.2, 0.25) is 0 Å². The van der Waals surface area contributed by atoms with E-state index < -0.39 is 0 Å². The van der Waals surface area contributed by atoms with Crippen molar-refractivity contribution in [1.29, 1.82) is 0 Å².